The van der Waals surface area contributed by atoms with Gasteiger partial charge in [-0.25, -0.2) is 9.97 Å². The summed E-state index contributed by atoms with van der Waals surface area (Å²) in [4.78, 5) is 24.8. The highest BCUT2D eigenvalue weighted by Gasteiger charge is 2.22. The fourth-order valence-corrected chi connectivity index (χ4v) is 4.63. The van der Waals surface area contributed by atoms with Crippen molar-refractivity contribution < 1.29 is 9.53 Å². The summed E-state index contributed by atoms with van der Waals surface area (Å²) < 4.78 is 7.44. The molecule has 1 N–H and O–H groups in total. The third kappa shape index (κ3) is 4.57. The Bertz CT molecular complexity index is 1170. The molecule has 1 atom stereocenters. The van der Waals surface area contributed by atoms with Gasteiger partial charge in [0.2, 0.25) is 5.91 Å². The number of amides is 1. The van der Waals surface area contributed by atoms with Gasteiger partial charge in [0.1, 0.15) is 12.2 Å². The van der Waals surface area contributed by atoms with E-state index in [-0.39, 0.29) is 18.5 Å². The number of aromatic nitrogens is 3. The highest BCUT2D eigenvalue weighted by molar-refractivity contribution is 7.07. The second-order valence-corrected chi connectivity index (χ2v) is 8.55. The van der Waals surface area contributed by atoms with Crippen LogP contribution in [0.25, 0.3) is 22.6 Å². The van der Waals surface area contributed by atoms with Crippen molar-refractivity contribution in [3.63, 3.8) is 0 Å². The van der Waals surface area contributed by atoms with Crippen LogP contribution in [0.3, 0.4) is 0 Å². The van der Waals surface area contributed by atoms with Crippen molar-refractivity contribution in [3.05, 3.63) is 71.1 Å². The molecule has 0 aliphatic carbocycles. The number of carbonyl (C=O) groups excluding carboxylic acids is 1. The monoisotopic (exact) mass is 447 g/mol. The third-order valence-corrected chi connectivity index (χ3v) is 6.29. The van der Waals surface area contributed by atoms with Crippen LogP contribution in [0.15, 0.2) is 65.5 Å². The average Bonchev–Trinajstić information content (AvgIpc) is 3.48. The number of thiazole rings is 1. The van der Waals surface area contributed by atoms with Gasteiger partial charge in [0, 0.05) is 25.0 Å². The molecule has 0 saturated carbocycles. The quantitative estimate of drug-likeness (QED) is 0.470. The standard InChI is InChI=1S/C24H25N5O2S/c30-23(26-20(18-6-2-1-3-7-18)14-28-10-12-31-13-11-28)15-29-22-9-5-4-8-19(22)27-24(29)21-16-32-17-25-21/h1-9,16-17,20H,10-15H2,(H,26,30). The zero-order valence-corrected chi connectivity index (χ0v) is 18.5. The lowest BCUT2D eigenvalue weighted by Gasteiger charge is -2.31. The molecule has 8 heteroatoms. The Morgan fingerprint density at radius 1 is 1.09 bits per heavy atom. The number of hydrogen-bond acceptors (Lipinski definition) is 6. The molecule has 5 rings (SSSR count). The predicted molar refractivity (Wildman–Crippen MR) is 125 cm³/mol. The number of rotatable bonds is 7. The summed E-state index contributed by atoms with van der Waals surface area (Å²) >= 11 is 1.52. The number of carbonyl (C=O) groups is 1. The van der Waals surface area contributed by atoms with Gasteiger partial charge in [-0.15, -0.1) is 11.3 Å². The van der Waals surface area contributed by atoms with Crippen LogP contribution < -0.4 is 5.32 Å². The minimum atomic E-state index is -0.0979. The first-order chi connectivity index (χ1) is 15.8. The first-order valence-electron chi connectivity index (χ1n) is 10.8. The van der Waals surface area contributed by atoms with Gasteiger partial charge in [0.25, 0.3) is 0 Å². The first-order valence-corrected chi connectivity index (χ1v) is 11.7. The first kappa shape index (κ1) is 20.8. The van der Waals surface area contributed by atoms with E-state index in [1.165, 1.54) is 11.3 Å². The summed E-state index contributed by atoms with van der Waals surface area (Å²) in [5.41, 5.74) is 5.45. The molecule has 1 fully saturated rings. The van der Waals surface area contributed by atoms with E-state index in [2.05, 4.69) is 27.3 Å². The van der Waals surface area contributed by atoms with Gasteiger partial charge in [0.15, 0.2) is 5.82 Å². The number of nitrogens with zero attached hydrogens (tertiary/aromatic N) is 4. The highest BCUT2D eigenvalue weighted by Crippen LogP contribution is 2.25. The second-order valence-electron chi connectivity index (χ2n) is 7.83. The lowest BCUT2D eigenvalue weighted by Crippen LogP contribution is -2.43. The summed E-state index contributed by atoms with van der Waals surface area (Å²) in [5.74, 6) is 0.666. The summed E-state index contributed by atoms with van der Waals surface area (Å²) in [7, 11) is 0. The van der Waals surface area contributed by atoms with Gasteiger partial charge >= 0.3 is 0 Å². The zero-order valence-electron chi connectivity index (χ0n) is 17.7. The van der Waals surface area contributed by atoms with Crippen LogP contribution in [0, 0.1) is 0 Å². The van der Waals surface area contributed by atoms with Crippen LogP contribution in [0.4, 0.5) is 0 Å². The Kier molecular flexibility index (Phi) is 6.24. The summed E-state index contributed by atoms with van der Waals surface area (Å²) in [5, 5.41) is 5.23. The molecule has 32 heavy (non-hydrogen) atoms. The smallest absolute Gasteiger partial charge is 0.240 e. The topological polar surface area (TPSA) is 72.3 Å². The van der Waals surface area contributed by atoms with E-state index in [9.17, 15) is 4.79 Å². The van der Waals surface area contributed by atoms with Crippen LogP contribution in [0.2, 0.25) is 0 Å². The molecular formula is C24H25N5O2S. The molecule has 164 valence electrons. The molecule has 0 spiro atoms. The van der Waals surface area contributed by atoms with Crippen molar-refractivity contribution in [2.45, 2.75) is 12.6 Å². The van der Waals surface area contributed by atoms with Crippen molar-refractivity contribution in [1.29, 1.82) is 0 Å². The van der Waals surface area contributed by atoms with Crippen LogP contribution in [0.1, 0.15) is 11.6 Å². The highest BCUT2D eigenvalue weighted by atomic mass is 32.1. The third-order valence-electron chi connectivity index (χ3n) is 5.70. The van der Waals surface area contributed by atoms with E-state index < -0.39 is 0 Å². The summed E-state index contributed by atoms with van der Waals surface area (Å²) in [6.45, 7) is 4.14. The number of imidazole rings is 1. The van der Waals surface area contributed by atoms with E-state index in [4.69, 9.17) is 9.72 Å². The van der Waals surface area contributed by atoms with Crippen molar-refractivity contribution in [1.82, 2.24) is 24.8 Å². The Morgan fingerprint density at radius 3 is 2.66 bits per heavy atom. The fraction of sp³-hybridized carbons (Fsp3) is 0.292. The Morgan fingerprint density at radius 2 is 1.88 bits per heavy atom. The average molecular weight is 448 g/mol. The van der Waals surface area contributed by atoms with E-state index in [1.807, 2.05) is 52.4 Å². The number of nitrogens with one attached hydrogen (secondary N) is 1. The number of morpholine rings is 1. The van der Waals surface area contributed by atoms with E-state index in [0.717, 1.165) is 55.1 Å². The Balaban J connectivity index is 1.40. The maximum absolute atomic E-state index is 13.3. The molecule has 4 aromatic rings. The largest absolute Gasteiger partial charge is 0.379 e. The lowest BCUT2D eigenvalue weighted by atomic mass is 10.1. The van der Waals surface area contributed by atoms with Crippen LogP contribution in [-0.2, 0) is 16.1 Å². The number of ether oxygens (including phenoxy) is 1. The fourth-order valence-electron chi connectivity index (χ4n) is 4.10. The Labute approximate surface area is 190 Å². The number of fused-ring (bicyclic) bond motifs is 1. The van der Waals surface area contributed by atoms with Gasteiger partial charge in [-0.2, -0.15) is 0 Å². The normalized spacial score (nSPS) is 15.6. The molecule has 2 aromatic carbocycles. The molecule has 0 bridgehead atoms. The van der Waals surface area contributed by atoms with Crippen LogP contribution in [0.5, 0.6) is 0 Å². The lowest BCUT2D eigenvalue weighted by molar-refractivity contribution is -0.122. The van der Waals surface area contributed by atoms with E-state index in [0.29, 0.717) is 5.82 Å². The van der Waals surface area contributed by atoms with Crippen LogP contribution in [-0.4, -0.2) is 58.2 Å². The van der Waals surface area contributed by atoms with Crippen molar-refractivity contribution in [2.75, 3.05) is 32.8 Å². The van der Waals surface area contributed by atoms with E-state index in [1.54, 1.807) is 5.51 Å². The molecule has 1 saturated heterocycles. The minimum absolute atomic E-state index is 0.0493. The second kappa shape index (κ2) is 9.60. The maximum atomic E-state index is 13.3. The van der Waals surface area contributed by atoms with Crippen molar-refractivity contribution >= 4 is 28.3 Å². The maximum Gasteiger partial charge on any atom is 0.240 e. The minimum Gasteiger partial charge on any atom is -0.379 e. The Hall–Kier alpha value is -3.07. The molecule has 0 radical (unpaired) electrons. The van der Waals surface area contributed by atoms with E-state index >= 15 is 0 Å². The molecule has 1 unspecified atom stereocenters. The summed E-state index contributed by atoms with van der Waals surface area (Å²) in [6.07, 6.45) is 0. The molecule has 3 heterocycles. The number of para-hydroxylation sites is 2. The van der Waals surface area contributed by atoms with Crippen LogP contribution >= 0.6 is 11.3 Å². The molecule has 1 aliphatic heterocycles. The van der Waals surface area contributed by atoms with Crippen molar-refractivity contribution in [2.24, 2.45) is 0 Å². The molecule has 1 aliphatic rings. The predicted octanol–water partition coefficient (Wildman–Crippen LogP) is 3.35. The molecular weight excluding hydrogens is 422 g/mol. The SMILES string of the molecule is O=C(Cn1c(-c2cscn2)nc2ccccc21)NC(CN1CCOCC1)c1ccccc1. The number of hydrogen-bond donors (Lipinski definition) is 1. The van der Waals surface area contributed by atoms with Gasteiger partial charge < -0.3 is 14.6 Å². The van der Waals surface area contributed by atoms with Gasteiger partial charge in [0.05, 0.1) is 35.8 Å². The zero-order chi connectivity index (χ0) is 21.8. The van der Waals surface area contributed by atoms with Crippen molar-refractivity contribution in [3.8, 4) is 11.5 Å². The molecule has 7 nitrogen and oxygen atoms in total. The summed E-state index contributed by atoms with van der Waals surface area (Å²) in [6, 6.07) is 17.9. The van der Waals surface area contributed by atoms with Gasteiger partial charge in [-0.3, -0.25) is 9.69 Å². The van der Waals surface area contributed by atoms with Gasteiger partial charge in [-0.1, -0.05) is 42.5 Å². The van der Waals surface area contributed by atoms with Gasteiger partial charge in [-0.05, 0) is 17.7 Å². The molecule has 2 aromatic heterocycles. The number of benzene rings is 2. The molecule has 1 amide bonds.